The fourth-order valence-corrected chi connectivity index (χ4v) is 5.38. The highest BCUT2D eigenvalue weighted by Crippen LogP contribution is 2.41. The molecule has 5 nitrogen and oxygen atoms in total. The summed E-state index contributed by atoms with van der Waals surface area (Å²) in [7, 11) is 0. The van der Waals surface area contributed by atoms with E-state index >= 15 is 0 Å². The van der Waals surface area contributed by atoms with E-state index in [1.165, 1.54) is 6.42 Å². The van der Waals surface area contributed by atoms with E-state index in [0.29, 0.717) is 17.4 Å². The number of aromatic amines is 1. The molecule has 1 aromatic heterocycles. The Morgan fingerprint density at radius 3 is 2.71 bits per heavy atom. The topological polar surface area (TPSA) is 65.2 Å². The van der Waals surface area contributed by atoms with Gasteiger partial charge in [0.15, 0.2) is 0 Å². The molecule has 160 valence electrons. The predicted molar refractivity (Wildman–Crippen MR) is 122 cm³/mol. The average Bonchev–Trinajstić information content (AvgIpc) is 3.31. The monoisotopic (exact) mass is 415 g/mol. The lowest BCUT2D eigenvalue weighted by atomic mass is 9.78. The minimum absolute atomic E-state index is 0.0648. The molecule has 2 N–H and O–H groups in total. The Hall–Kier alpha value is -3.08. The van der Waals surface area contributed by atoms with Crippen molar-refractivity contribution in [3.63, 3.8) is 0 Å². The third-order valence-corrected chi connectivity index (χ3v) is 7.34. The molecule has 2 aliphatic rings. The van der Waals surface area contributed by atoms with Gasteiger partial charge in [-0.3, -0.25) is 9.59 Å². The van der Waals surface area contributed by atoms with E-state index in [2.05, 4.69) is 30.2 Å². The second-order valence-electron chi connectivity index (χ2n) is 9.15. The van der Waals surface area contributed by atoms with Gasteiger partial charge in [0.25, 0.3) is 5.91 Å². The van der Waals surface area contributed by atoms with Crippen LogP contribution in [0.25, 0.3) is 10.9 Å². The number of carbonyl (C=O) groups is 2. The second-order valence-corrected chi connectivity index (χ2v) is 9.15. The first-order chi connectivity index (χ1) is 15.0. The lowest BCUT2D eigenvalue weighted by Crippen LogP contribution is -2.48. The number of nitrogens with zero attached hydrogens (tertiary/aromatic N) is 1. The van der Waals surface area contributed by atoms with Gasteiger partial charge in [-0.15, -0.1) is 0 Å². The number of carbonyl (C=O) groups excluding carboxylic acids is 2. The van der Waals surface area contributed by atoms with Crippen LogP contribution in [0.4, 0.5) is 0 Å². The number of benzene rings is 2. The quantitative estimate of drug-likeness (QED) is 0.651. The molecule has 2 amide bonds. The van der Waals surface area contributed by atoms with Crippen LogP contribution in [0, 0.1) is 11.8 Å². The minimum atomic E-state index is -0.270. The van der Waals surface area contributed by atoms with Crippen LogP contribution in [0.5, 0.6) is 0 Å². The normalized spacial score (nSPS) is 25.6. The van der Waals surface area contributed by atoms with Crippen molar-refractivity contribution in [3.05, 3.63) is 71.4 Å². The Morgan fingerprint density at radius 2 is 1.84 bits per heavy atom. The molecule has 5 rings (SSSR count). The summed E-state index contributed by atoms with van der Waals surface area (Å²) in [4.78, 5) is 31.5. The number of aromatic nitrogens is 1. The van der Waals surface area contributed by atoms with Gasteiger partial charge < -0.3 is 15.2 Å². The standard InChI is InChI=1S/C26H29N3O2/c1-16-8-7-13-22(17(16)2)28-24(30)15-29-25(19-10-3-4-11-20(19)26(29)31)21-14-27-23-12-6-5-9-18(21)23/h3-6,9-12,14,16-17,22,25,27H,7-8,13,15H2,1-2H3,(H,28,30)/t16-,17-,22+,25+/m1/s1. The van der Waals surface area contributed by atoms with Gasteiger partial charge in [-0.2, -0.15) is 0 Å². The summed E-state index contributed by atoms with van der Waals surface area (Å²) in [5, 5.41) is 4.32. The number of hydrogen-bond donors (Lipinski definition) is 2. The van der Waals surface area contributed by atoms with Gasteiger partial charge in [-0.25, -0.2) is 0 Å². The molecule has 1 aliphatic carbocycles. The predicted octanol–water partition coefficient (Wildman–Crippen LogP) is 4.65. The molecule has 2 heterocycles. The molecule has 5 heteroatoms. The third kappa shape index (κ3) is 3.42. The summed E-state index contributed by atoms with van der Waals surface area (Å²) in [6, 6.07) is 15.7. The molecule has 1 saturated carbocycles. The minimum Gasteiger partial charge on any atom is -0.361 e. The van der Waals surface area contributed by atoms with Crippen LogP contribution in [-0.4, -0.2) is 34.3 Å². The van der Waals surface area contributed by atoms with E-state index in [1.54, 1.807) is 4.90 Å². The molecule has 0 saturated heterocycles. The Labute approximate surface area is 182 Å². The summed E-state index contributed by atoms with van der Waals surface area (Å²) in [6.45, 7) is 4.55. The molecule has 1 aliphatic heterocycles. The molecule has 31 heavy (non-hydrogen) atoms. The zero-order valence-corrected chi connectivity index (χ0v) is 18.1. The highest BCUT2D eigenvalue weighted by Gasteiger charge is 2.40. The molecule has 0 spiro atoms. The fraction of sp³-hybridized carbons (Fsp3) is 0.385. The van der Waals surface area contributed by atoms with Crippen molar-refractivity contribution in [1.82, 2.24) is 15.2 Å². The summed E-state index contributed by atoms with van der Waals surface area (Å²) in [6.07, 6.45) is 5.34. The van der Waals surface area contributed by atoms with E-state index in [-0.39, 0.29) is 30.4 Å². The van der Waals surface area contributed by atoms with Crippen LogP contribution in [0.3, 0.4) is 0 Å². The van der Waals surface area contributed by atoms with Gasteiger partial charge in [0.1, 0.15) is 6.54 Å². The Morgan fingerprint density at radius 1 is 1.06 bits per heavy atom. The molecule has 4 atom stereocenters. The van der Waals surface area contributed by atoms with Crippen LogP contribution in [0.2, 0.25) is 0 Å². The smallest absolute Gasteiger partial charge is 0.255 e. The van der Waals surface area contributed by atoms with Crippen molar-refractivity contribution in [2.24, 2.45) is 11.8 Å². The maximum absolute atomic E-state index is 13.3. The largest absolute Gasteiger partial charge is 0.361 e. The molecule has 0 bridgehead atoms. The van der Waals surface area contributed by atoms with Crippen molar-refractivity contribution < 1.29 is 9.59 Å². The second kappa shape index (κ2) is 7.88. The van der Waals surface area contributed by atoms with Gasteiger partial charge in [0.2, 0.25) is 5.91 Å². The summed E-state index contributed by atoms with van der Waals surface area (Å²) < 4.78 is 0. The van der Waals surface area contributed by atoms with E-state index in [9.17, 15) is 9.59 Å². The number of fused-ring (bicyclic) bond motifs is 2. The van der Waals surface area contributed by atoms with Crippen LogP contribution in [-0.2, 0) is 4.79 Å². The van der Waals surface area contributed by atoms with Crippen LogP contribution in [0.1, 0.15) is 60.6 Å². The van der Waals surface area contributed by atoms with Crippen molar-refractivity contribution in [2.75, 3.05) is 6.54 Å². The number of H-pyrrole nitrogens is 1. The van der Waals surface area contributed by atoms with Gasteiger partial charge in [-0.05, 0) is 36.0 Å². The number of hydrogen-bond acceptors (Lipinski definition) is 2. The average molecular weight is 416 g/mol. The molecule has 1 fully saturated rings. The van der Waals surface area contributed by atoms with Crippen LogP contribution >= 0.6 is 0 Å². The molecular weight excluding hydrogens is 386 g/mol. The Kier molecular flexibility index (Phi) is 5.05. The third-order valence-electron chi connectivity index (χ3n) is 7.34. The van der Waals surface area contributed by atoms with Gasteiger partial charge in [-0.1, -0.05) is 63.1 Å². The van der Waals surface area contributed by atoms with Gasteiger partial charge in [0, 0.05) is 34.3 Å². The zero-order valence-electron chi connectivity index (χ0n) is 18.1. The molecular formula is C26H29N3O2. The van der Waals surface area contributed by atoms with Crippen LogP contribution in [0.15, 0.2) is 54.7 Å². The van der Waals surface area contributed by atoms with Gasteiger partial charge >= 0.3 is 0 Å². The van der Waals surface area contributed by atoms with Gasteiger partial charge in [0.05, 0.1) is 6.04 Å². The highest BCUT2D eigenvalue weighted by molar-refractivity contribution is 6.02. The lowest BCUT2D eigenvalue weighted by molar-refractivity contribution is -0.123. The Balaban J connectivity index is 1.45. The van der Waals surface area contributed by atoms with Crippen molar-refractivity contribution in [3.8, 4) is 0 Å². The van der Waals surface area contributed by atoms with E-state index < -0.39 is 0 Å². The molecule has 0 unspecified atom stereocenters. The SMILES string of the molecule is C[C@@H]1[C@H](C)CCC[C@@H]1NC(=O)CN1C(=O)c2ccccc2[C@H]1c1c[nH]c2ccccc12. The summed E-state index contributed by atoms with van der Waals surface area (Å²) in [5.41, 5.74) is 3.71. The number of nitrogens with one attached hydrogen (secondary N) is 2. The van der Waals surface area contributed by atoms with E-state index in [4.69, 9.17) is 0 Å². The van der Waals surface area contributed by atoms with E-state index in [1.807, 2.05) is 48.7 Å². The molecule has 3 aromatic rings. The molecule has 2 aromatic carbocycles. The zero-order chi connectivity index (χ0) is 21.5. The van der Waals surface area contributed by atoms with Crippen molar-refractivity contribution in [2.45, 2.75) is 45.2 Å². The van der Waals surface area contributed by atoms with E-state index in [0.717, 1.165) is 34.9 Å². The summed E-state index contributed by atoms with van der Waals surface area (Å²) >= 11 is 0. The first-order valence-electron chi connectivity index (χ1n) is 11.3. The summed E-state index contributed by atoms with van der Waals surface area (Å²) in [5.74, 6) is 0.910. The maximum atomic E-state index is 13.3. The van der Waals surface area contributed by atoms with Crippen molar-refractivity contribution in [1.29, 1.82) is 0 Å². The van der Waals surface area contributed by atoms with Crippen molar-refractivity contribution >= 4 is 22.7 Å². The first-order valence-corrected chi connectivity index (χ1v) is 11.3. The number of rotatable bonds is 4. The Bertz CT molecular complexity index is 1130. The maximum Gasteiger partial charge on any atom is 0.255 e. The lowest BCUT2D eigenvalue weighted by Gasteiger charge is -2.35. The molecule has 0 radical (unpaired) electrons. The highest BCUT2D eigenvalue weighted by atomic mass is 16.2. The number of para-hydroxylation sites is 1. The first kappa shape index (κ1) is 19.9. The van der Waals surface area contributed by atoms with Crippen LogP contribution < -0.4 is 5.32 Å². The number of amides is 2. The fourth-order valence-electron chi connectivity index (χ4n) is 5.38.